The van der Waals surface area contributed by atoms with E-state index in [-0.39, 0.29) is 21.7 Å². The summed E-state index contributed by atoms with van der Waals surface area (Å²) in [7, 11) is 9.87. The molecule has 0 amide bonds. The van der Waals surface area contributed by atoms with E-state index < -0.39 is 20.8 Å². The maximum absolute atomic E-state index is 4.93. The van der Waals surface area contributed by atoms with Crippen molar-refractivity contribution in [3.8, 4) is 22.3 Å². The van der Waals surface area contributed by atoms with E-state index in [1.807, 2.05) is 0 Å². The third kappa shape index (κ3) is 10.9. The number of hydrogen-bond donors (Lipinski definition) is 0. The summed E-state index contributed by atoms with van der Waals surface area (Å²) in [6, 6.07) is 32.9. The van der Waals surface area contributed by atoms with Crippen LogP contribution in [0.3, 0.4) is 0 Å². The summed E-state index contributed by atoms with van der Waals surface area (Å²) < 4.78 is 0. The molecule has 0 bridgehead atoms. The van der Waals surface area contributed by atoms with Gasteiger partial charge in [0, 0.05) is 0 Å². The third-order valence-electron chi connectivity index (χ3n) is 10.6. The molecule has 0 N–H and O–H groups in total. The first-order valence-electron chi connectivity index (χ1n) is 19.0. The van der Waals surface area contributed by atoms with Crippen LogP contribution in [0.15, 0.2) is 84.9 Å². The van der Waals surface area contributed by atoms with Crippen molar-refractivity contribution in [3.05, 3.63) is 129 Å². The van der Waals surface area contributed by atoms with Crippen LogP contribution in [0.5, 0.6) is 0 Å². The first kappa shape index (κ1) is 43.3. The zero-order valence-corrected chi connectivity index (χ0v) is 39.3. The summed E-state index contributed by atoms with van der Waals surface area (Å²) in [5, 5.41) is 5.38. The summed E-state index contributed by atoms with van der Waals surface area (Å²) in [5.41, 5.74) is 17.0. The fourth-order valence-corrected chi connectivity index (χ4v) is 6.63. The first-order valence-corrected chi connectivity index (χ1v) is 25.3. The Kier molecular flexibility index (Phi) is 13.4. The molecule has 0 saturated carbocycles. The molecule has 0 aromatic heterocycles. The van der Waals surface area contributed by atoms with E-state index in [9.17, 15) is 0 Å². The van der Waals surface area contributed by atoms with E-state index in [1.165, 1.54) is 88.3 Å². The topological polar surface area (TPSA) is 0 Å². The van der Waals surface area contributed by atoms with E-state index in [4.69, 9.17) is 17.0 Å². The van der Waals surface area contributed by atoms with Gasteiger partial charge in [-0.3, -0.25) is 0 Å². The summed E-state index contributed by atoms with van der Waals surface area (Å²) in [6.45, 7) is 36.4. The second-order valence-corrected chi connectivity index (χ2v) is 23.0. The van der Waals surface area contributed by atoms with Crippen LogP contribution in [0.2, 0.25) is 0 Å². The normalized spacial score (nSPS) is 12.3. The fourth-order valence-electron chi connectivity index (χ4n) is 6.63. The predicted octanol–water partition coefficient (Wildman–Crippen LogP) is 16.3. The number of rotatable bonds is 2. The van der Waals surface area contributed by atoms with Crippen molar-refractivity contribution >= 4 is 38.6 Å². The Labute approximate surface area is 341 Å². The minimum absolute atomic E-state index is 0.148. The van der Waals surface area contributed by atoms with Crippen molar-refractivity contribution in [1.82, 2.24) is 0 Å². The molecular formula is C50H62Cl2Zr. The second-order valence-electron chi connectivity index (χ2n) is 19.3. The number of benzene rings is 4. The molecule has 0 aliphatic heterocycles. The van der Waals surface area contributed by atoms with E-state index in [0.717, 1.165) is 0 Å². The third-order valence-corrected chi connectivity index (χ3v) is 10.6. The Morgan fingerprint density at radius 2 is 0.623 bits per heavy atom. The van der Waals surface area contributed by atoms with Gasteiger partial charge in [-0.05, 0) is 71.6 Å². The van der Waals surface area contributed by atoms with Crippen molar-refractivity contribution in [2.75, 3.05) is 0 Å². The molecule has 0 unspecified atom stereocenters. The molecule has 0 heterocycles. The van der Waals surface area contributed by atoms with Crippen LogP contribution in [0.4, 0.5) is 0 Å². The van der Waals surface area contributed by atoms with Gasteiger partial charge in [0.1, 0.15) is 0 Å². The predicted molar refractivity (Wildman–Crippen MR) is 235 cm³/mol. The molecule has 0 radical (unpaired) electrons. The molecule has 0 aliphatic rings. The van der Waals surface area contributed by atoms with Gasteiger partial charge in [-0.1, -0.05) is 165 Å². The van der Waals surface area contributed by atoms with Crippen LogP contribution < -0.4 is 0 Å². The van der Waals surface area contributed by atoms with E-state index in [2.05, 4.69) is 196 Å². The van der Waals surface area contributed by atoms with Gasteiger partial charge in [0.05, 0.1) is 0 Å². The Morgan fingerprint density at radius 3 is 0.868 bits per heavy atom. The average molecular weight is 825 g/mol. The Hall–Kier alpha value is -2.44. The van der Waals surface area contributed by atoms with Gasteiger partial charge >= 0.3 is 37.9 Å². The monoisotopic (exact) mass is 822 g/mol. The van der Waals surface area contributed by atoms with Gasteiger partial charge in [0.15, 0.2) is 0 Å². The van der Waals surface area contributed by atoms with Crippen LogP contribution in [0, 0.1) is 27.7 Å². The molecular weight excluding hydrogens is 763 g/mol. The summed E-state index contributed by atoms with van der Waals surface area (Å²) in [4.78, 5) is 0. The molecule has 0 saturated heterocycles. The minimum atomic E-state index is -0.826. The standard InChI is InChI=1S/2C25H31.2ClH.Zr/c2*1-16-9-18-11-20(12-19(18)10-17(16)2)21-13-22(24(3,4)5)15-23(14-21)25(6,7)8;;;/h2*9-15H,1-8H3;2*1H;/q2*-1;;;+4/p-2. The zero-order chi connectivity index (χ0) is 39.8. The Morgan fingerprint density at radius 1 is 0.377 bits per heavy atom. The van der Waals surface area contributed by atoms with Crippen molar-refractivity contribution in [2.24, 2.45) is 0 Å². The SMILES string of the molecule is Cc1cc2cc(-c3cc(C(C)(C)C)cc(C(C)(C)C)c3)[cH-]c2cc1C.Cc1cc2cc(-c3cc(C(C)(C)C)cc(C(C)(C)C)c3)[cH-]c2cc1C.[Cl][Zr+2][Cl]. The van der Waals surface area contributed by atoms with Crippen molar-refractivity contribution in [1.29, 1.82) is 0 Å². The molecule has 280 valence electrons. The van der Waals surface area contributed by atoms with Crippen LogP contribution in [-0.2, 0) is 42.5 Å². The van der Waals surface area contributed by atoms with Gasteiger partial charge in [-0.15, -0.1) is 69.1 Å². The van der Waals surface area contributed by atoms with Gasteiger partial charge in [-0.25, -0.2) is 0 Å². The number of aryl methyl sites for hydroxylation is 4. The molecule has 6 aromatic rings. The first-order chi connectivity index (χ1) is 24.3. The Balaban J connectivity index is 0.000000220. The second kappa shape index (κ2) is 16.3. The summed E-state index contributed by atoms with van der Waals surface area (Å²) in [5.74, 6) is 0. The molecule has 6 aromatic carbocycles. The number of fused-ring (bicyclic) bond motifs is 2. The Bertz CT molecular complexity index is 1890. The number of halogens is 2. The molecule has 3 heteroatoms. The van der Waals surface area contributed by atoms with E-state index >= 15 is 0 Å². The molecule has 0 aliphatic carbocycles. The van der Waals surface area contributed by atoms with Crippen LogP contribution in [0.1, 0.15) is 128 Å². The van der Waals surface area contributed by atoms with Gasteiger partial charge in [0.25, 0.3) is 0 Å². The van der Waals surface area contributed by atoms with Crippen LogP contribution in [0.25, 0.3) is 43.8 Å². The van der Waals surface area contributed by atoms with E-state index in [1.54, 1.807) is 0 Å². The molecule has 53 heavy (non-hydrogen) atoms. The van der Waals surface area contributed by atoms with E-state index in [0.29, 0.717) is 0 Å². The molecule has 6 rings (SSSR count). The van der Waals surface area contributed by atoms with Crippen LogP contribution in [-0.4, -0.2) is 0 Å². The zero-order valence-electron chi connectivity index (χ0n) is 35.3. The van der Waals surface area contributed by atoms with Gasteiger partial charge < -0.3 is 0 Å². The molecule has 0 fully saturated rings. The number of hydrogen-bond acceptors (Lipinski definition) is 0. The summed E-state index contributed by atoms with van der Waals surface area (Å²) in [6.07, 6.45) is 0. The summed E-state index contributed by atoms with van der Waals surface area (Å²) >= 11 is -0.826. The van der Waals surface area contributed by atoms with Crippen LogP contribution >= 0.6 is 17.0 Å². The van der Waals surface area contributed by atoms with Crippen molar-refractivity contribution in [3.63, 3.8) is 0 Å². The molecule has 0 atom stereocenters. The quantitative estimate of drug-likeness (QED) is 0.153. The molecule has 0 nitrogen and oxygen atoms in total. The van der Waals surface area contributed by atoms with Crippen molar-refractivity contribution < 1.29 is 20.8 Å². The fraction of sp³-hybridized carbons (Fsp3) is 0.400. The maximum atomic E-state index is 4.93. The average Bonchev–Trinajstić information content (AvgIpc) is 3.64. The molecule has 0 spiro atoms. The van der Waals surface area contributed by atoms with Crippen molar-refractivity contribution in [2.45, 2.75) is 132 Å². The van der Waals surface area contributed by atoms with Gasteiger partial charge in [0.2, 0.25) is 0 Å². The van der Waals surface area contributed by atoms with Gasteiger partial charge in [-0.2, -0.15) is 0 Å².